The van der Waals surface area contributed by atoms with Crippen LogP contribution in [-0.2, 0) is 14.6 Å². The second kappa shape index (κ2) is 8.52. The fourth-order valence-corrected chi connectivity index (χ4v) is 2.62. The van der Waals surface area contributed by atoms with Crippen LogP contribution in [0.25, 0.3) is 0 Å². The molecule has 1 amide bonds. The number of carboxylic acids is 1. The molecule has 0 heterocycles. The van der Waals surface area contributed by atoms with Crippen LogP contribution in [0.3, 0.4) is 0 Å². The maximum Gasteiger partial charge on any atom is 0.303 e. The van der Waals surface area contributed by atoms with E-state index in [1.807, 2.05) is 0 Å². The second-order valence-corrected chi connectivity index (χ2v) is 7.11. The zero-order chi connectivity index (χ0) is 17.5. The number of carbonyl (C=O) groups excluding carboxylic acids is 1. The first-order chi connectivity index (χ1) is 10.8. The average molecular weight is 343 g/mol. The normalized spacial score (nSPS) is 11.0. The predicted octanol–water partition coefficient (Wildman–Crippen LogP) is 1.47. The Bertz CT molecular complexity index is 669. The SMILES string of the molecule is COc1ccc(S(C)(=O)=O)cc1C(=O)NCCCCCC(=O)O. The van der Waals surface area contributed by atoms with Crippen molar-refractivity contribution in [2.75, 3.05) is 19.9 Å². The summed E-state index contributed by atoms with van der Waals surface area (Å²) in [5.41, 5.74) is 0.154. The number of carbonyl (C=O) groups is 2. The van der Waals surface area contributed by atoms with E-state index in [0.717, 1.165) is 6.26 Å². The number of hydrogen-bond acceptors (Lipinski definition) is 5. The minimum absolute atomic E-state index is 0.0462. The highest BCUT2D eigenvalue weighted by molar-refractivity contribution is 7.90. The third-order valence-corrected chi connectivity index (χ3v) is 4.31. The molecule has 23 heavy (non-hydrogen) atoms. The van der Waals surface area contributed by atoms with Gasteiger partial charge in [0, 0.05) is 19.2 Å². The molecule has 1 rings (SSSR count). The summed E-state index contributed by atoms with van der Waals surface area (Å²) in [7, 11) is -2.01. The smallest absolute Gasteiger partial charge is 0.303 e. The van der Waals surface area contributed by atoms with Crippen molar-refractivity contribution < 1.29 is 27.9 Å². The van der Waals surface area contributed by atoms with Crippen molar-refractivity contribution in [2.24, 2.45) is 0 Å². The molecule has 0 atom stereocenters. The Morgan fingerprint density at radius 2 is 1.91 bits per heavy atom. The molecule has 0 aliphatic rings. The Kier molecular flexibility index (Phi) is 7.02. The topological polar surface area (TPSA) is 110 Å². The third-order valence-electron chi connectivity index (χ3n) is 3.20. The number of hydrogen-bond donors (Lipinski definition) is 2. The van der Waals surface area contributed by atoms with Gasteiger partial charge < -0.3 is 15.2 Å². The number of amides is 1. The minimum Gasteiger partial charge on any atom is -0.496 e. The average Bonchev–Trinajstić information content (AvgIpc) is 2.48. The zero-order valence-corrected chi connectivity index (χ0v) is 14.0. The lowest BCUT2D eigenvalue weighted by Crippen LogP contribution is -2.25. The quantitative estimate of drug-likeness (QED) is 0.657. The lowest BCUT2D eigenvalue weighted by atomic mass is 10.1. The van der Waals surface area contributed by atoms with Gasteiger partial charge in [-0.25, -0.2) is 8.42 Å². The molecule has 8 heteroatoms. The number of rotatable bonds is 9. The molecule has 1 aromatic rings. The summed E-state index contributed by atoms with van der Waals surface area (Å²) < 4.78 is 28.2. The number of benzene rings is 1. The summed E-state index contributed by atoms with van der Waals surface area (Å²) in [5.74, 6) is -0.970. The Balaban J connectivity index is 2.66. The van der Waals surface area contributed by atoms with Gasteiger partial charge in [-0.3, -0.25) is 9.59 Å². The van der Waals surface area contributed by atoms with E-state index in [-0.39, 0.29) is 16.9 Å². The van der Waals surface area contributed by atoms with Gasteiger partial charge >= 0.3 is 5.97 Å². The van der Waals surface area contributed by atoms with Crippen molar-refractivity contribution in [1.29, 1.82) is 0 Å². The molecule has 0 saturated carbocycles. The molecular formula is C15H21NO6S. The maximum absolute atomic E-state index is 12.2. The Morgan fingerprint density at radius 3 is 2.48 bits per heavy atom. The van der Waals surface area contributed by atoms with Crippen LogP contribution in [0, 0.1) is 0 Å². The van der Waals surface area contributed by atoms with Crippen molar-refractivity contribution in [2.45, 2.75) is 30.6 Å². The summed E-state index contributed by atoms with van der Waals surface area (Å²) in [6.45, 7) is 0.380. The van der Waals surface area contributed by atoms with Gasteiger partial charge in [0.15, 0.2) is 9.84 Å². The van der Waals surface area contributed by atoms with Crippen molar-refractivity contribution >= 4 is 21.7 Å². The van der Waals surface area contributed by atoms with Crippen molar-refractivity contribution in [3.63, 3.8) is 0 Å². The standard InChI is InChI=1S/C15H21NO6S/c1-22-13-8-7-11(23(2,20)21)10-12(13)15(19)16-9-5-3-4-6-14(17)18/h7-8,10H,3-6,9H2,1-2H3,(H,16,19)(H,17,18). The van der Waals surface area contributed by atoms with Crippen LogP contribution in [0.2, 0.25) is 0 Å². The van der Waals surface area contributed by atoms with E-state index < -0.39 is 21.7 Å². The number of carboxylic acid groups (broad SMARTS) is 1. The van der Waals surface area contributed by atoms with Gasteiger partial charge in [-0.2, -0.15) is 0 Å². The number of unbranched alkanes of at least 4 members (excludes halogenated alkanes) is 2. The first-order valence-corrected chi connectivity index (χ1v) is 9.03. The summed E-state index contributed by atoms with van der Waals surface area (Å²) in [6, 6.07) is 4.11. The maximum atomic E-state index is 12.2. The van der Waals surface area contributed by atoms with Gasteiger partial charge in [0.05, 0.1) is 17.6 Å². The molecule has 0 spiro atoms. The highest BCUT2D eigenvalue weighted by atomic mass is 32.2. The van der Waals surface area contributed by atoms with E-state index in [9.17, 15) is 18.0 Å². The Morgan fingerprint density at radius 1 is 1.22 bits per heavy atom. The first-order valence-electron chi connectivity index (χ1n) is 7.14. The van der Waals surface area contributed by atoms with Gasteiger partial charge in [-0.15, -0.1) is 0 Å². The van der Waals surface area contributed by atoms with E-state index in [2.05, 4.69) is 5.32 Å². The number of ether oxygens (including phenoxy) is 1. The van der Waals surface area contributed by atoms with Gasteiger partial charge in [0.1, 0.15) is 5.75 Å². The van der Waals surface area contributed by atoms with E-state index >= 15 is 0 Å². The van der Waals surface area contributed by atoms with Crippen LogP contribution in [0.4, 0.5) is 0 Å². The second-order valence-electron chi connectivity index (χ2n) is 5.09. The summed E-state index contributed by atoms with van der Waals surface area (Å²) in [5, 5.41) is 11.2. The predicted molar refractivity (Wildman–Crippen MR) is 84.5 cm³/mol. The molecule has 1 aromatic carbocycles. The van der Waals surface area contributed by atoms with Crippen LogP contribution < -0.4 is 10.1 Å². The van der Waals surface area contributed by atoms with Crippen LogP contribution in [0.1, 0.15) is 36.0 Å². The van der Waals surface area contributed by atoms with Crippen molar-refractivity contribution in [1.82, 2.24) is 5.32 Å². The summed E-state index contributed by atoms with van der Waals surface area (Å²) >= 11 is 0. The molecule has 0 radical (unpaired) electrons. The minimum atomic E-state index is -3.42. The number of aliphatic carboxylic acids is 1. The molecule has 2 N–H and O–H groups in total. The zero-order valence-electron chi connectivity index (χ0n) is 13.2. The van der Waals surface area contributed by atoms with E-state index in [1.54, 1.807) is 0 Å². The van der Waals surface area contributed by atoms with Crippen LogP contribution in [0.5, 0.6) is 5.75 Å². The van der Waals surface area contributed by atoms with Gasteiger partial charge in [0.25, 0.3) is 5.91 Å². The molecular weight excluding hydrogens is 322 g/mol. The van der Waals surface area contributed by atoms with Crippen molar-refractivity contribution in [3.8, 4) is 5.75 Å². The molecule has 0 saturated heterocycles. The highest BCUT2D eigenvalue weighted by Gasteiger charge is 2.16. The van der Waals surface area contributed by atoms with Crippen molar-refractivity contribution in [3.05, 3.63) is 23.8 Å². The molecule has 0 bridgehead atoms. The van der Waals surface area contributed by atoms with Crippen LogP contribution >= 0.6 is 0 Å². The largest absolute Gasteiger partial charge is 0.496 e. The molecule has 0 fully saturated rings. The fraction of sp³-hybridized carbons (Fsp3) is 0.467. The van der Waals surface area contributed by atoms with Gasteiger partial charge in [-0.05, 0) is 31.0 Å². The van der Waals surface area contributed by atoms with E-state index in [4.69, 9.17) is 9.84 Å². The number of nitrogens with one attached hydrogen (secondary N) is 1. The molecule has 0 aromatic heterocycles. The third kappa shape index (κ3) is 6.27. The summed E-state index contributed by atoms with van der Waals surface area (Å²) in [6.07, 6.45) is 3.06. The monoisotopic (exact) mass is 343 g/mol. The Labute approximate surface area is 135 Å². The van der Waals surface area contributed by atoms with Crippen LogP contribution in [-0.4, -0.2) is 45.3 Å². The number of methoxy groups -OCH3 is 1. The molecule has 0 unspecified atom stereocenters. The highest BCUT2D eigenvalue weighted by Crippen LogP contribution is 2.22. The van der Waals surface area contributed by atoms with E-state index in [1.165, 1.54) is 25.3 Å². The molecule has 0 aliphatic heterocycles. The van der Waals surface area contributed by atoms with Crippen LogP contribution in [0.15, 0.2) is 23.1 Å². The number of sulfone groups is 1. The van der Waals surface area contributed by atoms with Gasteiger partial charge in [-0.1, -0.05) is 6.42 Å². The van der Waals surface area contributed by atoms with E-state index in [0.29, 0.717) is 31.6 Å². The lowest BCUT2D eigenvalue weighted by molar-refractivity contribution is -0.137. The molecule has 128 valence electrons. The Hall–Kier alpha value is -2.09. The molecule has 7 nitrogen and oxygen atoms in total. The molecule has 0 aliphatic carbocycles. The fourth-order valence-electron chi connectivity index (χ4n) is 1.97. The lowest BCUT2D eigenvalue weighted by Gasteiger charge is -2.10. The summed E-state index contributed by atoms with van der Waals surface area (Å²) in [4.78, 5) is 22.6. The van der Waals surface area contributed by atoms with Gasteiger partial charge in [0.2, 0.25) is 0 Å². The first kappa shape index (κ1) is 19.0.